The summed E-state index contributed by atoms with van der Waals surface area (Å²) in [6.07, 6.45) is 4.41. The molecule has 0 aromatic carbocycles. The molecule has 3 aromatic rings. The van der Waals surface area contributed by atoms with E-state index in [2.05, 4.69) is 19.9 Å². The van der Waals surface area contributed by atoms with Gasteiger partial charge in [0, 0.05) is 38.4 Å². The van der Waals surface area contributed by atoms with Crippen LogP contribution >= 0.6 is 0 Å². The average molecular weight is 376 g/mol. The zero-order valence-corrected chi connectivity index (χ0v) is 14.5. The first-order valence-corrected chi connectivity index (χ1v) is 9.61. The summed E-state index contributed by atoms with van der Waals surface area (Å²) < 4.78 is 32.4. The van der Waals surface area contributed by atoms with Gasteiger partial charge in [-0.2, -0.15) is 19.1 Å². The third-order valence-corrected chi connectivity index (χ3v) is 6.09. The van der Waals surface area contributed by atoms with Gasteiger partial charge in [0.15, 0.2) is 0 Å². The number of hydrogen-bond donors (Lipinski definition) is 0. The Morgan fingerprint density at radius 3 is 2.69 bits per heavy atom. The molecule has 0 spiro atoms. The van der Waals surface area contributed by atoms with E-state index in [0.717, 1.165) is 0 Å². The van der Waals surface area contributed by atoms with Crippen molar-refractivity contribution in [3.63, 3.8) is 0 Å². The zero-order valence-electron chi connectivity index (χ0n) is 13.7. The van der Waals surface area contributed by atoms with Crippen molar-refractivity contribution in [3.05, 3.63) is 48.1 Å². The topological polar surface area (TPSA) is 114 Å². The van der Waals surface area contributed by atoms with Crippen molar-refractivity contribution >= 4 is 21.4 Å². The molecule has 136 valence electrons. The number of carbonyl (C=O) groups excluding carboxylic acids is 1. The highest BCUT2D eigenvalue weighted by atomic mass is 32.2. The minimum absolute atomic E-state index is 0.179. The van der Waals surface area contributed by atoms with Gasteiger partial charge in [-0.15, -0.1) is 0 Å². The van der Waals surface area contributed by atoms with E-state index in [4.69, 9.17) is 0 Å². The van der Waals surface area contributed by atoms with E-state index < -0.39 is 10.0 Å². The van der Waals surface area contributed by atoms with Gasteiger partial charge in [0.1, 0.15) is 17.5 Å². The molecule has 1 aliphatic heterocycles. The van der Waals surface area contributed by atoms with Crippen LogP contribution in [0.1, 0.15) is 16.1 Å². The number of amides is 1. The van der Waals surface area contributed by atoms with Gasteiger partial charge in [-0.1, -0.05) is 5.16 Å². The molecule has 26 heavy (non-hydrogen) atoms. The summed E-state index contributed by atoms with van der Waals surface area (Å²) in [6.45, 7) is 1.11. The van der Waals surface area contributed by atoms with Crippen LogP contribution in [0.15, 0.2) is 41.4 Å². The number of sulfonamides is 1. The van der Waals surface area contributed by atoms with Crippen molar-refractivity contribution in [1.29, 1.82) is 0 Å². The molecule has 4 heterocycles. The third kappa shape index (κ3) is 3.06. The molecule has 0 bridgehead atoms. The van der Waals surface area contributed by atoms with Crippen LogP contribution in [-0.4, -0.2) is 69.7 Å². The molecule has 1 amide bonds. The summed E-state index contributed by atoms with van der Waals surface area (Å²) in [6, 6.07) is 5.03. The maximum atomic E-state index is 12.7. The van der Waals surface area contributed by atoms with E-state index in [-0.39, 0.29) is 24.7 Å². The van der Waals surface area contributed by atoms with Gasteiger partial charge >= 0.3 is 0 Å². The van der Waals surface area contributed by atoms with Gasteiger partial charge in [-0.05, 0) is 12.1 Å². The molecule has 0 N–H and O–H groups in total. The quantitative estimate of drug-likeness (QED) is 0.630. The van der Waals surface area contributed by atoms with E-state index in [1.165, 1.54) is 27.5 Å². The van der Waals surface area contributed by atoms with Crippen LogP contribution in [-0.2, 0) is 15.8 Å². The fraction of sp³-hybridized carbons (Fsp3) is 0.333. The first kappa shape index (κ1) is 16.7. The van der Waals surface area contributed by atoms with Gasteiger partial charge in [0.05, 0.1) is 17.5 Å². The lowest BCUT2D eigenvalue weighted by atomic mass is 10.2. The number of nitrogens with zero attached hydrogens (tertiary/aromatic N) is 6. The normalized spacial score (nSPS) is 16.2. The van der Waals surface area contributed by atoms with Gasteiger partial charge in [-0.3, -0.25) is 4.79 Å². The lowest BCUT2D eigenvalue weighted by molar-refractivity contribution is 0.0699. The van der Waals surface area contributed by atoms with Gasteiger partial charge < -0.3 is 9.42 Å². The predicted octanol–water partition coefficient (Wildman–Crippen LogP) is 0.00510. The van der Waals surface area contributed by atoms with Crippen molar-refractivity contribution in [2.75, 3.05) is 26.2 Å². The van der Waals surface area contributed by atoms with Crippen LogP contribution in [0.4, 0.5) is 0 Å². The number of carbonyl (C=O) groups is 1. The molecule has 0 unspecified atom stereocenters. The van der Waals surface area contributed by atoms with Crippen molar-refractivity contribution in [3.8, 4) is 0 Å². The molecule has 4 rings (SSSR count). The van der Waals surface area contributed by atoms with E-state index in [0.29, 0.717) is 29.9 Å². The number of piperazine rings is 1. The minimum Gasteiger partial charge on any atom is -0.364 e. The zero-order chi connectivity index (χ0) is 18.1. The Morgan fingerprint density at radius 2 is 1.96 bits per heavy atom. The second kappa shape index (κ2) is 6.50. The van der Waals surface area contributed by atoms with E-state index in [9.17, 15) is 13.2 Å². The molecule has 0 saturated carbocycles. The Balaban J connectivity index is 1.44. The number of hydrogen-bond acceptors (Lipinski definition) is 7. The van der Waals surface area contributed by atoms with Crippen molar-refractivity contribution in [1.82, 2.24) is 29.2 Å². The van der Waals surface area contributed by atoms with Crippen molar-refractivity contribution < 1.29 is 17.7 Å². The molecule has 0 aliphatic carbocycles. The largest absolute Gasteiger partial charge is 0.364 e. The first-order chi connectivity index (χ1) is 12.5. The summed E-state index contributed by atoms with van der Waals surface area (Å²) in [5.74, 6) is -0.390. The Labute approximate surface area is 149 Å². The molecule has 1 saturated heterocycles. The summed E-state index contributed by atoms with van der Waals surface area (Å²) >= 11 is 0. The Bertz CT molecular complexity index is 1020. The minimum atomic E-state index is -3.50. The molecule has 3 aromatic heterocycles. The molecule has 0 radical (unpaired) electrons. The van der Waals surface area contributed by atoms with Crippen LogP contribution in [0.25, 0.3) is 5.52 Å². The second-order valence-electron chi connectivity index (χ2n) is 5.89. The monoisotopic (exact) mass is 376 g/mol. The fourth-order valence-corrected chi connectivity index (χ4v) is 4.35. The summed E-state index contributed by atoms with van der Waals surface area (Å²) in [5, 5.41) is 11.8. The second-order valence-corrected chi connectivity index (χ2v) is 7.86. The fourth-order valence-electron chi connectivity index (χ4n) is 2.93. The summed E-state index contributed by atoms with van der Waals surface area (Å²) in [4.78, 5) is 14.4. The SMILES string of the molecule is O=C(c1cnn2ncccc12)N1CCN(S(=O)(=O)Cc2ccon2)CC1. The molecular weight excluding hydrogens is 360 g/mol. The predicted molar refractivity (Wildman–Crippen MR) is 89.6 cm³/mol. The van der Waals surface area contributed by atoms with Crippen molar-refractivity contribution in [2.45, 2.75) is 5.75 Å². The Kier molecular flexibility index (Phi) is 4.17. The van der Waals surface area contributed by atoms with E-state index in [1.807, 2.05) is 0 Å². The summed E-state index contributed by atoms with van der Waals surface area (Å²) in [5.41, 5.74) is 1.44. The number of aromatic nitrogens is 4. The number of rotatable bonds is 4. The Morgan fingerprint density at radius 1 is 1.15 bits per heavy atom. The van der Waals surface area contributed by atoms with E-state index in [1.54, 1.807) is 23.2 Å². The van der Waals surface area contributed by atoms with Crippen LogP contribution in [0.5, 0.6) is 0 Å². The van der Waals surface area contributed by atoms with Gasteiger partial charge in [0.2, 0.25) is 10.0 Å². The number of fused-ring (bicyclic) bond motifs is 1. The lowest BCUT2D eigenvalue weighted by Crippen LogP contribution is -2.50. The highest BCUT2D eigenvalue weighted by Crippen LogP contribution is 2.16. The van der Waals surface area contributed by atoms with Crippen LogP contribution < -0.4 is 0 Å². The van der Waals surface area contributed by atoms with Gasteiger partial charge in [0.25, 0.3) is 5.91 Å². The van der Waals surface area contributed by atoms with Crippen LogP contribution in [0.2, 0.25) is 0 Å². The standard InChI is InChI=1S/C15H16N6O4S/c22-15(13-10-17-21-14(13)2-1-4-16-21)19-5-7-20(8-6-19)26(23,24)11-12-3-9-25-18-12/h1-4,9-10H,5-8,11H2. The molecule has 10 nitrogen and oxygen atoms in total. The molecular formula is C15H16N6O4S. The van der Waals surface area contributed by atoms with Gasteiger partial charge in [-0.25, -0.2) is 8.42 Å². The maximum absolute atomic E-state index is 12.7. The third-order valence-electron chi connectivity index (χ3n) is 4.28. The Hall–Kier alpha value is -2.79. The molecule has 11 heteroatoms. The first-order valence-electron chi connectivity index (χ1n) is 8.00. The summed E-state index contributed by atoms with van der Waals surface area (Å²) in [7, 11) is -3.50. The van der Waals surface area contributed by atoms with E-state index >= 15 is 0 Å². The van der Waals surface area contributed by atoms with Crippen molar-refractivity contribution in [2.24, 2.45) is 0 Å². The molecule has 1 aliphatic rings. The maximum Gasteiger partial charge on any atom is 0.257 e. The molecule has 0 atom stereocenters. The lowest BCUT2D eigenvalue weighted by Gasteiger charge is -2.33. The highest BCUT2D eigenvalue weighted by molar-refractivity contribution is 7.88. The smallest absolute Gasteiger partial charge is 0.257 e. The highest BCUT2D eigenvalue weighted by Gasteiger charge is 2.30. The van der Waals surface area contributed by atoms with Crippen LogP contribution in [0, 0.1) is 0 Å². The van der Waals surface area contributed by atoms with Crippen LogP contribution in [0.3, 0.4) is 0 Å². The molecule has 1 fully saturated rings. The average Bonchev–Trinajstić information content (AvgIpc) is 3.30.